The highest BCUT2D eigenvalue weighted by Gasteiger charge is 2.29. The average molecular weight is 283 g/mol. The Morgan fingerprint density at radius 3 is 2.74 bits per heavy atom. The molecule has 0 saturated heterocycles. The van der Waals surface area contributed by atoms with Gasteiger partial charge < -0.3 is 15.3 Å². The molecular formula is C14H19ClN2O2. The van der Waals surface area contributed by atoms with Crippen molar-refractivity contribution in [2.75, 3.05) is 12.4 Å². The number of amides is 2. The molecule has 2 unspecified atom stereocenters. The third-order valence-electron chi connectivity index (χ3n) is 3.63. The molecule has 0 radical (unpaired) electrons. The first-order chi connectivity index (χ1) is 9.09. The van der Waals surface area contributed by atoms with Gasteiger partial charge in [-0.3, -0.25) is 0 Å². The van der Waals surface area contributed by atoms with Crippen LogP contribution in [0, 0.1) is 0 Å². The van der Waals surface area contributed by atoms with E-state index in [0.29, 0.717) is 10.7 Å². The van der Waals surface area contributed by atoms with Gasteiger partial charge in [-0.05, 0) is 25.0 Å². The second-order valence-corrected chi connectivity index (χ2v) is 5.35. The van der Waals surface area contributed by atoms with E-state index in [-0.39, 0.29) is 12.1 Å². The Hall–Kier alpha value is -1.26. The van der Waals surface area contributed by atoms with Gasteiger partial charge in [0.2, 0.25) is 0 Å². The number of urea groups is 1. The van der Waals surface area contributed by atoms with Gasteiger partial charge in [-0.25, -0.2) is 4.79 Å². The third kappa shape index (κ3) is 3.39. The quantitative estimate of drug-likeness (QED) is 0.876. The maximum atomic E-state index is 12.2. The van der Waals surface area contributed by atoms with Crippen LogP contribution < -0.4 is 5.32 Å². The lowest BCUT2D eigenvalue weighted by atomic mass is 9.92. The highest BCUT2D eigenvalue weighted by atomic mass is 35.5. The zero-order valence-electron chi connectivity index (χ0n) is 11.0. The van der Waals surface area contributed by atoms with E-state index in [1.807, 2.05) is 12.1 Å². The summed E-state index contributed by atoms with van der Waals surface area (Å²) < 4.78 is 0. The summed E-state index contributed by atoms with van der Waals surface area (Å²) in [5.74, 6) is 0. The van der Waals surface area contributed by atoms with Crippen molar-refractivity contribution in [2.24, 2.45) is 0 Å². The number of rotatable bonds is 2. The lowest BCUT2D eigenvalue weighted by molar-refractivity contribution is 0.0494. The van der Waals surface area contributed by atoms with E-state index in [0.717, 1.165) is 25.7 Å². The molecule has 0 aromatic heterocycles. The van der Waals surface area contributed by atoms with Crippen molar-refractivity contribution in [1.29, 1.82) is 0 Å². The molecule has 1 aliphatic rings. The topological polar surface area (TPSA) is 52.6 Å². The van der Waals surface area contributed by atoms with Gasteiger partial charge in [0.25, 0.3) is 0 Å². The summed E-state index contributed by atoms with van der Waals surface area (Å²) in [6.07, 6.45) is 3.24. The number of nitrogens with zero attached hydrogens (tertiary/aromatic N) is 1. The van der Waals surface area contributed by atoms with E-state index in [4.69, 9.17) is 11.6 Å². The van der Waals surface area contributed by atoms with Crippen LogP contribution in [0.25, 0.3) is 0 Å². The smallest absolute Gasteiger partial charge is 0.321 e. The number of likely N-dealkylation sites (N-methyl/N-ethyl adjacent to an activating group) is 1. The fourth-order valence-corrected chi connectivity index (χ4v) is 2.64. The molecule has 0 aliphatic heterocycles. The molecule has 1 aliphatic carbocycles. The number of benzene rings is 1. The molecule has 5 heteroatoms. The largest absolute Gasteiger partial charge is 0.391 e. The number of aliphatic hydroxyl groups excluding tert-OH is 1. The summed E-state index contributed by atoms with van der Waals surface area (Å²) in [7, 11) is 1.71. The molecule has 0 heterocycles. The number of hydrogen-bond donors (Lipinski definition) is 2. The van der Waals surface area contributed by atoms with Crippen LogP contribution in [0.5, 0.6) is 0 Å². The minimum absolute atomic E-state index is 0.115. The van der Waals surface area contributed by atoms with Crippen molar-refractivity contribution >= 4 is 23.3 Å². The van der Waals surface area contributed by atoms with Crippen molar-refractivity contribution in [3.8, 4) is 0 Å². The molecule has 104 valence electrons. The molecule has 1 aromatic rings. The molecule has 4 nitrogen and oxygen atoms in total. The molecule has 1 saturated carbocycles. The molecule has 19 heavy (non-hydrogen) atoms. The van der Waals surface area contributed by atoms with Gasteiger partial charge in [-0.2, -0.15) is 0 Å². The van der Waals surface area contributed by atoms with Crippen molar-refractivity contribution in [1.82, 2.24) is 4.90 Å². The monoisotopic (exact) mass is 282 g/mol. The number of nitrogens with one attached hydrogen (secondary N) is 1. The third-order valence-corrected chi connectivity index (χ3v) is 3.96. The number of aliphatic hydroxyl groups is 1. The zero-order valence-corrected chi connectivity index (χ0v) is 11.7. The predicted octanol–water partition coefficient (Wildman–Crippen LogP) is 3.11. The molecule has 2 N–H and O–H groups in total. The van der Waals surface area contributed by atoms with E-state index < -0.39 is 6.10 Å². The minimum Gasteiger partial charge on any atom is -0.391 e. The Morgan fingerprint density at radius 2 is 2.05 bits per heavy atom. The maximum Gasteiger partial charge on any atom is 0.321 e. The second kappa shape index (κ2) is 6.26. The van der Waals surface area contributed by atoms with Crippen molar-refractivity contribution in [3.63, 3.8) is 0 Å². The van der Waals surface area contributed by atoms with Crippen LogP contribution in [0.1, 0.15) is 25.7 Å². The van der Waals surface area contributed by atoms with Gasteiger partial charge in [0.05, 0.1) is 22.9 Å². The number of carbonyl (C=O) groups is 1. The summed E-state index contributed by atoms with van der Waals surface area (Å²) in [5, 5.41) is 13.2. The highest BCUT2D eigenvalue weighted by molar-refractivity contribution is 6.33. The Bertz CT molecular complexity index is 453. The van der Waals surface area contributed by atoms with E-state index in [2.05, 4.69) is 5.32 Å². The van der Waals surface area contributed by atoms with Crippen LogP contribution in [0.3, 0.4) is 0 Å². The van der Waals surface area contributed by atoms with Gasteiger partial charge >= 0.3 is 6.03 Å². The zero-order chi connectivity index (χ0) is 13.8. The Morgan fingerprint density at radius 1 is 1.37 bits per heavy atom. The lowest BCUT2D eigenvalue weighted by Gasteiger charge is -2.35. The first-order valence-corrected chi connectivity index (χ1v) is 6.94. The van der Waals surface area contributed by atoms with Crippen LogP contribution in [-0.4, -0.2) is 35.2 Å². The number of hydrogen-bond acceptors (Lipinski definition) is 2. The summed E-state index contributed by atoms with van der Waals surface area (Å²) in [5.41, 5.74) is 0.589. The Balaban J connectivity index is 2.01. The van der Waals surface area contributed by atoms with Gasteiger partial charge in [0.1, 0.15) is 0 Å². The fourth-order valence-electron chi connectivity index (χ4n) is 2.46. The predicted molar refractivity (Wildman–Crippen MR) is 76.5 cm³/mol. The van der Waals surface area contributed by atoms with E-state index >= 15 is 0 Å². The summed E-state index contributed by atoms with van der Waals surface area (Å²) in [4.78, 5) is 13.7. The summed E-state index contributed by atoms with van der Waals surface area (Å²) in [6, 6.07) is 6.76. The first-order valence-electron chi connectivity index (χ1n) is 6.56. The molecule has 2 rings (SSSR count). The second-order valence-electron chi connectivity index (χ2n) is 4.94. The SMILES string of the molecule is CN(C(=O)Nc1ccccc1Cl)C1CCCCC1O. The molecule has 2 amide bonds. The van der Waals surface area contributed by atoms with Crippen LogP contribution in [0.4, 0.5) is 10.5 Å². The molecule has 0 bridgehead atoms. The molecule has 1 aromatic carbocycles. The van der Waals surface area contributed by atoms with Crippen LogP contribution in [-0.2, 0) is 0 Å². The standard InChI is InChI=1S/C14H19ClN2O2/c1-17(12-8-4-5-9-13(12)18)14(19)16-11-7-3-2-6-10(11)15/h2-3,6-7,12-13,18H,4-5,8-9H2,1H3,(H,16,19). The van der Waals surface area contributed by atoms with Crippen molar-refractivity contribution < 1.29 is 9.90 Å². The summed E-state index contributed by atoms with van der Waals surface area (Å²) in [6.45, 7) is 0. The maximum absolute atomic E-state index is 12.2. The number of halogens is 1. The molecule has 1 fully saturated rings. The fraction of sp³-hybridized carbons (Fsp3) is 0.500. The molecule has 2 atom stereocenters. The Kier molecular flexibility index (Phi) is 4.66. The lowest BCUT2D eigenvalue weighted by Crippen LogP contribution is -2.47. The van der Waals surface area contributed by atoms with Crippen LogP contribution >= 0.6 is 11.6 Å². The first kappa shape index (κ1) is 14.2. The van der Waals surface area contributed by atoms with E-state index in [1.54, 1.807) is 24.1 Å². The van der Waals surface area contributed by atoms with Gasteiger partial charge in [-0.15, -0.1) is 0 Å². The van der Waals surface area contributed by atoms with Gasteiger partial charge in [0.15, 0.2) is 0 Å². The van der Waals surface area contributed by atoms with Gasteiger partial charge in [-0.1, -0.05) is 36.6 Å². The highest BCUT2D eigenvalue weighted by Crippen LogP contribution is 2.24. The number of anilines is 1. The molecule has 0 spiro atoms. The average Bonchev–Trinajstić information content (AvgIpc) is 2.41. The molecular weight excluding hydrogens is 264 g/mol. The number of carbonyl (C=O) groups excluding carboxylic acids is 1. The van der Waals surface area contributed by atoms with Crippen LogP contribution in [0.2, 0.25) is 5.02 Å². The van der Waals surface area contributed by atoms with Gasteiger partial charge in [0, 0.05) is 7.05 Å². The summed E-state index contributed by atoms with van der Waals surface area (Å²) >= 11 is 6.00. The number of para-hydroxylation sites is 1. The normalized spacial score (nSPS) is 22.9. The van der Waals surface area contributed by atoms with E-state index in [1.165, 1.54) is 0 Å². The Labute approximate surface area is 118 Å². The minimum atomic E-state index is -0.434. The van der Waals surface area contributed by atoms with Crippen LogP contribution in [0.15, 0.2) is 24.3 Å². The van der Waals surface area contributed by atoms with E-state index in [9.17, 15) is 9.90 Å². The van der Waals surface area contributed by atoms with Crippen molar-refractivity contribution in [3.05, 3.63) is 29.3 Å². The van der Waals surface area contributed by atoms with Crippen molar-refractivity contribution in [2.45, 2.75) is 37.8 Å².